The molecule has 2 aromatic carbocycles. The van der Waals surface area contributed by atoms with Gasteiger partial charge in [0.1, 0.15) is 4.33 Å². The first-order valence-corrected chi connectivity index (χ1v) is 9.70. The van der Waals surface area contributed by atoms with Crippen molar-refractivity contribution in [2.24, 2.45) is 5.92 Å². The van der Waals surface area contributed by atoms with Crippen molar-refractivity contribution in [3.8, 4) is 0 Å². The second kappa shape index (κ2) is 7.69. The first-order chi connectivity index (χ1) is 12.6. The molecule has 0 heterocycles. The van der Waals surface area contributed by atoms with Crippen LogP contribution in [-0.4, -0.2) is 23.2 Å². The molecule has 27 heavy (non-hydrogen) atoms. The first-order valence-electron chi connectivity index (χ1n) is 7.81. The van der Waals surface area contributed by atoms with Gasteiger partial charge in [0.2, 0.25) is 5.91 Å². The molecule has 0 unspecified atom stereocenters. The van der Waals surface area contributed by atoms with Gasteiger partial charge in [0.05, 0.1) is 16.5 Å². The average molecular weight is 467 g/mol. The van der Waals surface area contributed by atoms with Gasteiger partial charge in [-0.05, 0) is 42.0 Å². The highest BCUT2D eigenvalue weighted by molar-refractivity contribution is 6.53. The molecular weight excluding hydrogens is 453 g/mol. The maximum atomic E-state index is 12.7. The van der Waals surface area contributed by atoms with E-state index in [-0.39, 0.29) is 22.4 Å². The van der Waals surface area contributed by atoms with Gasteiger partial charge in [-0.15, -0.1) is 23.2 Å². The second-order valence-corrected chi connectivity index (χ2v) is 8.82. The van der Waals surface area contributed by atoms with E-state index in [2.05, 4.69) is 10.6 Å². The van der Waals surface area contributed by atoms with Crippen LogP contribution in [0.5, 0.6) is 0 Å². The summed E-state index contributed by atoms with van der Waals surface area (Å²) in [6.45, 7) is 0. The van der Waals surface area contributed by atoms with Gasteiger partial charge < -0.3 is 10.6 Å². The van der Waals surface area contributed by atoms with Gasteiger partial charge in [-0.3, -0.25) is 9.59 Å². The van der Waals surface area contributed by atoms with Gasteiger partial charge in [0.25, 0.3) is 5.91 Å². The number of alkyl halides is 2. The van der Waals surface area contributed by atoms with Crippen molar-refractivity contribution < 1.29 is 9.59 Å². The number of hydrogen-bond donors (Lipinski definition) is 2. The number of carbonyl (C=O) groups is 2. The van der Waals surface area contributed by atoms with Crippen LogP contribution in [0.4, 0.5) is 5.69 Å². The number of rotatable bonds is 4. The molecule has 2 atom stereocenters. The van der Waals surface area contributed by atoms with E-state index in [9.17, 15) is 9.59 Å². The van der Waals surface area contributed by atoms with Crippen LogP contribution >= 0.6 is 58.0 Å². The minimum absolute atomic E-state index is 0.244. The molecule has 4 nitrogen and oxygen atoms in total. The van der Waals surface area contributed by atoms with Crippen LogP contribution in [0.25, 0.3) is 0 Å². The molecule has 0 bridgehead atoms. The SMILES string of the molecule is CNC(=O)c1cc(NC(=O)[C@H]2[C@H](c3cc(Cl)cc(Cl)c3)C2(Cl)Cl)ccc1Cl. The Balaban J connectivity index is 1.81. The molecule has 0 saturated heterocycles. The number of nitrogens with one attached hydrogen (secondary N) is 2. The Labute approximate surface area is 181 Å². The maximum absolute atomic E-state index is 12.7. The molecule has 2 amide bonds. The largest absolute Gasteiger partial charge is 0.355 e. The van der Waals surface area contributed by atoms with Crippen molar-refractivity contribution in [1.29, 1.82) is 0 Å². The zero-order chi connectivity index (χ0) is 19.9. The van der Waals surface area contributed by atoms with Gasteiger partial charge >= 0.3 is 0 Å². The maximum Gasteiger partial charge on any atom is 0.252 e. The van der Waals surface area contributed by atoms with E-state index in [1.54, 1.807) is 24.3 Å². The van der Waals surface area contributed by atoms with Gasteiger partial charge in [-0.1, -0.05) is 34.8 Å². The van der Waals surface area contributed by atoms with Crippen LogP contribution in [0.1, 0.15) is 21.8 Å². The highest BCUT2D eigenvalue weighted by Gasteiger charge is 2.67. The molecule has 3 rings (SSSR count). The van der Waals surface area contributed by atoms with Crippen LogP contribution in [0, 0.1) is 5.92 Å². The minimum atomic E-state index is -1.28. The molecule has 2 N–H and O–H groups in total. The Morgan fingerprint density at radius 3 is 2.22 bits per heavy atom. The van der Waals surface area contributed by atoms with Crippen LogP contribution in [-0.2, 0) is 4.79 Å². The Morgan fingerprint density at radius 2 is 1.63 bits per heavy atom. The summed E-state index contributed by atoms with van der Waals surface area (Å²) in [5, 5.41) is 6.34. The normalized spacial score (nSPS) is 20.1. The molecule has 1 fully saturated rings. The summed E-state index contributed by atoms with van der Waals surface area (Å²) in [5.74, 6) is -1.90. The van der Waals surface area contributed by atoms with Crippen molar-refractivity contribution in [2.75, 3.05) is 12.4 Å². The van der Waals surface area contributed by atoms with Crippen LogP contribution in [0.2, 0.25) is 15.1 Å². The van der Waals surface area contributed by atoms with E-state index in [1.165, 1.54) is 19.2 Å². The molecular formula is C18H13Cl5N2O2. The molecule has 2 aromatic rings. The third-order valence-corrected chi connectivity index (χ3v) is 5.99. The molecule has 1 aliphatic rings. The third-order valence-electron chi connectivity index (χ3n) is 4.29. The lowest BCUT2D eigenvalue weighted by atomic mass is 10.1. The number of hydrogen-bond acceptors (Lipinski definition) is 2. The summed E-state index contributed by atoms with van der Waals surface area (Å²) in [4.78, 5) is 24.5. The van der Waals surface area contributed by atoms with Gasteiger partial charge in [-0.2, -0.15) is 0 Å². The minimum Gasteiger partial charge on any atom is -0.355 e. The van der Waals surface area contributed by atoms with Gasteiger partial charge in [0.15, 0.2) is 0 Å². The van der Waals surface area contributed by atoms with E-state index in [4.69, 9.17) is 58.0 Å². The van der Waals surface area contributed by atoms with E-state index in [0.29, 0.717) is 21.3 Å². The molecule has 0 radical (unpaired) electrons. The van der Waals surface area contributed by atoms with Gasteiger partial charge in [0, 0.05) is 28.7 Å². The highest BCUT2D eigenvalue weighted by atomic mass is 35.5. The predicted molar refractivity (Wildman–Crippen MR) is 111 cm³/mol. The quantitative estimate of drug-likeness (QED) is 0.582. The van der Waals surface area contributed by atoms with Crippen LogP contribution in [0.15, 0.2) is 36.4 Å². The van der Waals surface area contributed by atoms with Crippen molar-refractivity contribution in [2.45, 2.75) is 10.3 Å². The zero-order valence-electron chi connectivity index (χ0n) is 13.8. The summed E-state index contributed by atoms with van der Waals surface area (Å²) >= 11 is 30.7. The number of carbonyl (C=O) groups excluding carboxylic acids is 2. The smallest absolute Gasteiger partial charge is 0.252 e. The number of anilines is 1. The Morgan fingerprint density at radius 1 is 1.00 bits per heavy atom. The summed E-state index contributed by atoms with van der Waals surface area (Å²) in [7, 11) is 1.49. The summed E-state index contributed by atoms with van der Waals surface area (Å²) in [6, 6.07) is 9.54. The molecule has 0 spiro atoms. The Hall–Kier alpha value is -1.17. The average Bonchev–Trinajstić information content (AvgIpc) is 3.17. The predicted octanol–water partition coefficient (Wildman–Crippen LogP) is 5.53. The van der Waals surface area contributed by atoms with Crippen molar-refractivity contribution in [3.05, 3.63) is 62.6 Å². The van der Waals surface area contributed by atoms with Crippen LogP contribution < -0.4 is 10.6 Å². The molecule has 1 aliphatic carbocycles. The Bertz CT molecular complexity index is 912. The molecule has 9 heteroatoms. The van der Waals surface area contributed by atoms with Gasteiger partial charge in [-0.25, -0.2) is 0 Å². The summed E-state index contributed by atoms with van der Waals surface area (Å²) in [6.07, 6.45) is 0. The van der Waals surface area contributed by atoms with E-state index >= 15 is 0 Å². The van der Waals surface area contributed by atoms with Crippen LogP contribution in [0.3, 0.4) is 0 Å². The summed E-state index contributed by atoms with van der Waals surface area (Å²) < 4.78 is -1.28. The fourth-order valence-electron chi connectivity index (χ4n) is 2.95. The van der Waals surface area contributed by atoms with Crippen molar-refractivity contribution >= 4 is 75.5 Å². The lowest BCUT2D eigenvalue weighted by Gasteiger charge is -2.09. The van der Waals surface area contributed by atoms with E-state index < -0.39 is 16.2 Å². The van der Waals surface area contributed by atoms with E-state index in [1.807, 2.05) is 0 Å². The topological polar surface area (TPSA) is 58.2 Å². The van der Waals surface area contributed by atoms with E-state index in [0.717, 1.165) is 0 Å². The first kappa shape index (κ1) is 20.6. The highest BCUT2D eigenvalue weighted by Crippen LogP contribution is 2.65. The summed E-state index contributed by atoms with van der Waals surface area (Å²) in [5.41, 5.74) is 1.33. The fourth-order valence-corrected chi connectivity index (χ4v) is 4.53. The fraction of sp³-hybridized carbons (Fsp3) is 0.222. The zero-order valence-corrected chi connectivity index (χ0v) is 17.6. The molecule has 142 valence electrons. The monoisotopic (exact) mass is 464 g/mol. The second-order valence-electron chi connectivity index (χ2n) is 6.10. The molecule has 0 aliphatic heterocycles. The third kappa shape index (κ3) is 4.15. The lowest BCUT2D eigenvalue weighted by Crippen LogP contribution is -2.20. The standard InChI is InChI=1S/C18H13Cl5N2O2/c1-24-16(26)12-7-11(2-3-13(12)21)25-17(27)15-14(18(15,22)23)8-4-9(19)6-10(20)5-8/h2-7,14-15H,1H3,(H,24,26)(H,25,27)/t14-,15+/m0/s1. The number of benzene rings is 2. The van der Waals surface area contributed by atoms with Crippen molar-refractivity contribution in [1.82, 2.24) is 5.32 Å². The van der Waals surface area contributed by atoms with Crippen molar-refractivity contribution in [3.63, 3.8) is 0 Å². The number of amides is 2. The molecule has 1 saturated carbocycles. The number of halogens is 5. The lowest BCUT2D eigenvalue weighted by molar-refractivity contribution is -0.117. The Kier molecular flexibility index (Phi) is 5.85. The molecule has 0 aromatic heterocycles.